The molecule has 0 aliphatic rings. The summed E-state index contributed by atoms with van der Waals surface area (Å²) in [4.78, 5) is 30.7. The Kier molecular flexibility index (Phi) is 4.76. The average molecular weight is 388 g/mol. The average Bonchev–Trinajstić information content (AvgIpc) is 3.24. The molecule has 2 amide bonds. The van der Waals surface area contributed by atoms with Gasteiger partial charge in [0.05, 0.1) is 6.33 Å². The molecule has 3 aromatic rings. The van der Waals surface area contributed by atoms with Crippen LogP contribution in [0.2, 0.25) is 0 Å². The number of hydrogen-bond acceptors (Lipinski definition) is 3. The van der Waals surface area contributed by atoms with Crippen molar-refractivity contribution < 1.29 is 9.59 Å². The highest BCUT2D eigenvalue weighted by molar-refractivity contribution is 9.10. The van der Waals surface area contributed by atoms with Crippen molar-refractivity contribution in [2.75, 3.05) is 0 Å². The zero-order chi connectivity index (χ0) is 16.9. The molecular formula is C16H14BrN5O2. The first-order chi connectivity index (χ1) is 11.6. The fraction of sp³-hybridized carbons (Fsp3) is 0.0625. The van der Waals surface area contributed by atoms with Crippen LogP contribution in [0.5, 0.6) is 0 Å². The van der Waals surface area contributed by atoms with Crippen molar-refractivity contribution in [2.24, 2.45) is 0 Å². The molecule has 0 atom stereocenters. The third-order valence-corrected chi connectivity index (χ3v) is 3.78. The second-order valence-corrected chi connectivity index (χ2v) is 5.99. The van der Waals surface area contributed by atoms with E-state index in [0.717, 1.165) is 10.0 Å². The van der Waals surface area contributed by atoms with Crippen LogP contribution in [0, 0.1) is 0 Å². The summed E-state index contributed by atoms with van der Waals surface area (Å²) in [5.41, 5.74) is 6.59. The van der Waals surface area contributed by atoms with Crippen LogP contribution in [-0.2, 0) is 6.54 Å². The maximum Gasteiger partial charge on any atom is 0.286 e. The molecule has 0 saturated heterocycles. The Bertz CT molecular complexity index is 840. The van der Waals surface area contributed by atoms with Crippen molar-refractivity contribution in [2.45, 2.75) is 6.54 Å². The van der Waals surface area contributed by atoms with E-state index in [-0.39, 0.29) is 5.91 Å². The first-order valence-electron chi connectivity index (χ1n) is 7.11. The van der Waals surface area contributed by atoms with Gasteiger partial charge in [-0.25, -0.2) is 4.98 Å². The summed E-state index contributed by atoms with van der Waals surface area (Å²) in [6, 6.07) is 8.75. The van der Waals surface area contributed by atoms with Gasteiger partial charge >= 0.3 is 0 Å². The minimum atomic E-state index is -0.425. The largest absolute Gasteiger partial charge is 0.356 e. The van der Waals surface area contributed by atoms with Crippen LogP contribution >= 0.6 is 15.9 Å². The molecular weight excluding hydrogens is 374 g/mol. The lowest BCUT2D eigenvalue weighted by Gasteiger charge is -2.07. The van der Waals surface area contributed by atoms with E-state index in [1.165, 1.54) is 0 Å². The molecule has 2 aromatic heterocycles. The molecule has 0 aliphatic carbocycles. The van der Waals surface area contributed by atoms with Gasteiger partial charge in [-0.1, -0.05) is 12.1 Å². The van der Waals surface area contributed by atoms with Crippen LogP contribution in [0.15, 0.2) is 59.7 Å². The van der Waals surface area contributed by atoms with Gasteiger partial charge in [0.2, 0.25) is 0 Å². The number of hydrogen-bond donors (Lipinski definition) is 3. The lowest BCUT2D eigenvalue weighted by molar-refractivity contribution is 0.0844. The molecule has 0 unspecified atom stereocenters. The number of nitrogens with one attached hydrogen (secondary N) is 3. The Labute approximate surface area is 146 Å². The number of benzene rings is 1. The predicted molar refractivity (Wildman–Crippen MR) is 91.2 cm³/mol. The monoisotopic (exact) mass is 387 g/mol. The summed E-state index contributed by atoms with van der Waals surface area (Å²) in [7, 11) is 0. The van der Waals surface area contributed by atoms with Gasteiger partial charge in [0.15, 0.2) is 0 Å². The Morgan fingerprint density at radius 1 is 1.17 bits per heavy atom. The Balaban J connectivity index is 1.56. The molecule has 2 heterocycles. The molecule has 0 fully saturated rings. The van der Waals surface area contributed by atoms with Crippen LogP contribution in [0.4, 0.5) is 0 Å². The SMILES string of the molecule is O=C(NNC(=O)c1cc(Br)c[nH]1)c1ccc(Cn2ccnc2)cc1. The Morgan fingerprint density at radius 3 is 2.54 bits per heavy atom. The lowest BCUT2D eigenvalue weighted by atomic mass is 10.1. The third-order valence-electron chi connectivity index (χ3n) is 3.32. The van der Waals surface area contributed by atoms with Crippen LogP contribution in [-0.4, -0.2) is 26.3 Å². The number of rotatable bonds is 4. The number of aromatic nitrogens is 3. The fourth-order valence-electron chi connectivity index (χ4n) is 2.10. The maximum atomic E-state index is 12.1. The highest BCUT2D eigenvalue weighted by Crippen LogP contribution is 2.10. The first kappa shape index (κ1) is 16.0. The highest BCUT2D eigenvalue weighted by Gasteiger charge is 2.10. The molecule has 0 radical (unpaired) electrons. The van der Waals surface area contributed by atoms with Gasteiger partial charge in [-0.2, -0.15) is 0 Å². The fourth-order valence-corrected chi connectivity index (χ4v) is 2.45. The smallest absolute Gasteiger partial charge is 0.286 e. The van der Waals surface area contributed by atoms with E-state index in [1.807, 2.05) is 22.9 Å². The molecule has 0 saturated carbocycles. The van der Waals surface area contributed by atoms with Gasteiger partial charge < -0.3 is 9.55 Å². The van der Waals surface area contributed by atoms with Crippen molar-refractivity contribution in [1.29, 1.82) is 0 Å². The molecule has 122 valence electrons. The quantitative estimate of drug-likeness (QED) is 0.598. The number of halogens is 1. The number of carbonyl (C=O) groups excluding carboxylic acids is 2. The number of carbonyl (C=O) groups is 2. The number of aromatic amines is 1. The summed E-state index contributed by atoms with van der Waals surface area (Å²) in [6.45, 7) is 0.681. The molecule has 1 aromatic carbocycles. The molecule has 3 N–H and O–H groups in total. The van der Waals surface area contributed by atoms with E-state index >= 15 is 0 Å². The van der Waals surface area contributed by atoms with Crippen molar-refractivity contribution in [3.05, 3.63) is 76.5 Å². The first-order valence-corrected chi connectivity index (χ1v) is 7.90. The topological polar surface area (TPSA) is 91.8 Å². The molecule has 0 bridgehead atoms. The van der Waals surface area contributed by atoms with Gasteiger partial charge in [0.25, 0.3) is 11.8 Å². The molecule has 0 aliphatic heterocycles. The van der Waals surface area contributed by atoms with E-state index < -0.39 is 5.91 Å². The van der Waals surface area contributed by atoms with Crippen LogP contribution in [0.3, 0.4) is 0 Å². The summed E-state index contributed by atoms with van der Waals surface area (Å²) in [6.07, 6.45) is 6.95. The maximum absolute atomic E-state index is 12.1. The Hall–Kier alpha value is -2.87. The summed E-state index contributed by atoms with van der Waals surface area (Å²) in [5, 5.41) is 0. The van der Waals surface area contributed by atoms with Crippen LogP contribution < -0.4 is 10.9 Å². The van der Waals surface area contributed by atoms with Gasteiger partial charge in [-0.05, 0) is 39.7 Å². The summed E-state index contributed by atoms with van der Waals surface area (Å²) < 4.78 is 2.69. The van der Waals surface area contributed by atoms with E-state index in [0.29, 0.717) is 17.8 Å². The second-order valence-electron chi connectivity index (χ2n) is 5.07. The van der Waals surface area contributed by atoms with Gasteiger partial charge in [-0.15, -0.1) is 0 Å². The highest BCUT2D eigenvalue weighted by atomic mass is 79.9. The minimum absolute atomic E-state index is 0.345. The van der Waals surface area contributed by atoms with Gasteiger partial charge in [0, 0.05) is 35.2 Å². The van der Waals surface area contributed by atoms with Crippen molar-refractivity contribution in [1.82, 2.24) is 25.4 Å². The summed E-state index contributed by atoms with van der Waals surface area (Å²) in [5.74, 6) is -0.811. The zero-order valence-electron chi connectivity index (χ0n) is 12.5. The van der Waals surface area contributed by atoms with Crippen molar-refractivity contribution >= 4 is 27.7 Å². The summed E-state index contributed by atoms with van der Waals surface area (Å²) >= 11 is 3.24. The van der Waals surface area contributed by atoms with Crippen LogP contribution in [0.1, 0.15) is 26.4 Å². The number of H-pyrrole nitrogens is 1. The molecule has 7 nitrogen and oxygen atoms in total. The van der Waals surface area contributed by atoms with E-state index in [9.17, 15) is 9.59 Å². The van der Waals surface area contributed by atoms with Crippen molar-refractivity contribution in [3.63, 3.8) is 0 Å². The van der Waals surface area contributed by atoms with Crippen molar-refractivity contribution in [3.8, 4) is 0 Å². The molecule has 0 spiro atoms. The zero-order valence-corrected chi connectivity index (χ0v) is 14.1. The number of hydrazine groups is 1. The molecule has 3 rings (SSSR count). The van der Waals surface area contributed by atoms with Gasteiger partial charge in [-0.3, -0.25) is 20.4 Å². The number of nitrogens with zero attached hydrogens (tertiary/aromatic N) is 2. The third kappa shape index (κ3) is 3.90. The molecule has 24 heavy (non-hydrogen) atoms. The minimum Gasteiger partial charge on any atom is -0.356 e. The molecule has 8 heteroatoms. The van der Waals surface area contributed by atoms with E-state index in [4.69, 9.17) is 0 Å². The van der Waals surface area contributed by atoms with E-state index in [1.54, 1.807) is 36.9 Å². The lowest BCUT2D eigenvalue weighted by Crippen LogP contribution is -2.41. The van der Waals surface area contributed by atoms with Crippen LogP contribution in [0.25, 0.3) is 0 Å². The van der Waals surface area contributed by atoms with E-state index in [2.05, 4.69) is 36.7 Å². The number of amides is 2. The predicted octanol–water partition coefficient (Wildman–Crippen LogP) is 2.10. The van der Waals surface area contributed by atoms with Gasteiger partial charge in [0.1, 0.15) is 5.69 Å². The Morgan fingerprint density at radius 2 is 1.92 bits per heavy atom. The normalized spacial score (nSPS) is 10.4. The number of imidazole rings is 1. The standard InChI is InChI=1S/C16H14BrN5O2/c17-13-7-14(19-8-13)16(24)21-20-15(23)12-3-1-11(2-4-12)9-22-6-5-18-10-22/h1-8,10,19H,9H2,(H,20,23)(H,21,24). The second kappa shape index (κ2) is 7.14.